The first-order chi connectivity index (χ1) is 22.5. The van der Waals surface area contributed by atoms with E-state index in [0.29, 0.717) is 5.56 Å². The number of halogens is 1. The molecular formula is C42H55FO3. The van der Waals surface area contributed by atoms with Gasteiger partial charge < -0.3 is 9.47 Å². The van der Waals surface area contributed by atoms with E-state index < -0.39 is 0 Å². The molecule has 0 bridgehead atoms. The van der Waals surface area contributed by atoms with Crippen LogP contribution in [0.5, 0.6) is 11.5 Å². The second-order valence-corrected chi connectivity index (χ2v) is 12.4. The van der Waals surface area contributed by atoms with E-state index in [2.05, 4.69) is 18.7 Å². The fourth-order valence-electron chi connectivity index (χ4n) is 5.45. The average molecular weight is 627 g/mol. The lowest BCUT2D eigenvalue weighted by atomic mass is 10.0. The fraction of sp³-hybridized carbons (Fsp3) is 0.452. The van der Waals surface area contributed by atoms with E-state index in [-0.39, 0.29) is 11.6 Å². The van der Waals surface area contributed by atoms with Crippen LogP contribution in [0.2, 0.25) is 0 Å². The molecule has 0 unspecified atom stereocenters. The molecule has 3 nitrogen and oxygen atoms in total. The van der Waals surface area contributed by atoms with Crippen molar-refractivity contribution < 1.29 is 18.7 Å². The van der Waals surface area contributed by atoms with E-state index >= 15 is 0 Å². The highest BCUT2D eigenvalue weighted by Gasteiger charge is 2.02. The summed E-state index contributed by atoms with van der Waals surface area (Å²) in [6.07, 6.45) is 24.3. The largest absolute Gasteiger partial charge is 0.494 e. The van der Waals surface area contributed by atoms with Gasteiger partial charge in [0.2, 0.25) is 0 Å². The first-order valence-corrected chi connectivity index (χ1v) is 17.6. The summed E-state index contributed by atoms with van der Waals surface area (Å²) >= 11 is 0. The van der Waals surface area contributed by atoms with Gasteiger partial charge in [-0.1, -0.05) is 132 Å². The highest BCUT2D eigenvalue weighted by Crippen LogP contribution is 2.19. The molecule has 4 heteroatoms. The van der Waals surface area contributed by atoms with Gasteiger partial charge in [-0.25, -0.2) is 4.39 Å². The van der Waals surface area contributed by atoms with Crippen molar-refractivity contribution in [2.45, 2.75) is 110 Å². The molecule has 248 valence electrons. The minimum Gasteiger partial charge on any atom is -0.494 e. The maximum absolute atomic E-state index is 13.0. The van der Waals surface area contributed by atoms with Gasteiger partial charge in [-0.3, -0.25) is 4.79 Å². The number of allylic oxidation sites excluding steroid dienone is 2. The molecule has 0 aliphatic carbocycles. The Hall–Kier alpha value is -3.66. The summed E-state index contributed by atoms with van der Waals surface area (Å²) in [5.41, 5.74) is 3.66. The summed E-state index contributed by atoms with van der Waals surface area (Å²) in [5.74, 6) is 1.32. The third kappa shape index (κ3) is 16.1. The molecule has 0 heterocycles. The Morgan fingerprint density at radius 2 is 0.935 bits per heavy atom. The van der Waals surface area contributed by atoms with Gasteiger partial charge in [-0.2, -0.15) is 0 Å². The van der Waals surface area contributed by atoms with Crippen LogP contribution in [0.3, 0.4) is 0 Å². The average Bonchev–Trinajstić information content (AvgIpc) is 3.07. The summed E-state index contributed by atoms with van der Waals surface area (Å²) in [5, 5.41) is 0. The summed E-state index contributed by atoms with van der Waals surface area (Å²) in [6.45, 7) is 7.54. The number of carbonyl (C=O) groups excluding carboxylic acids is 1. The molecule has 0 saturated carbocycles. The lowest BCUT2D eigenvalue weighted by Crippen LogP contribution is -1.97. The molecule has 0 radical (unpaired) electrons. The zero-order valence-electron chi connectivity index (χ0n) is 28.1. The molecule has 0 atom stereocenters. The molecule has 0 fully saturated rings. The summed E-state index contributed by atoms with van der Waals surface area (Å²) in [6, 6.07) is 21.6. The van der Waals surface area contributed by atoms with Crippen LogP contribution in [0.25, 0.3) is 11.6 Å². The van der Waals surface area contributed by atoms with Crippen molar-refractivity contribution in [3.63, 3.8) is 0 Å². The van der Waals surface area contributed by atoms with Gasteiger partial charge in [0.25, 0.3) is 0 Å². The maximum Gasteiger partial charge on any atom is 0.185 e. The van der Waals surface area contributed by atoms with Crippen molar-refractivity contribution in [2.75, 3.05) is 13.2 Å². The number of benzene rings is 3. The van der Waals surface area contributed by atoms with Crippen molar-refractivity contribution in [1.82, 2.24) is 0 Å². The second kappa shape index (κ2) is 22.8. The minimum atomic E-state index is -0.346. The van der Waals surface area contributed by atoms with Gasteiger partial charge in [-0.15, -0.1) is 0 Å². The van der Waals surface area contributed by atoms with Crippen LogP contribution < -0.4 is 9.47 Å². The molecule has 0 amide bonds. The Morgan fingerprint density at radius 3 is 1.35 bits per heavy atom. The molecule has 46 heavy (non-hydrogen) atoms. The fourth-order valence-corrected chi connectivity index (χ4v) is 5.45. The number of ketones is 1. The van der Waals surface area contributed by atoms with E-state index in [1.54, 1.807) is 6.08 Å². The van der Waals surface area contributed by atoms with Gasteiger partial charge in [0, 0.05) is 5.56 Å². The van der Waals surface area contributed by atoms with E-state index in [9.17, 15) is 9.18 Å². The molecular weight excluding hydrogens is 571 g/mol. The van der Waals surface area contributed by atoms with Crippen LogP contribution >= 0.6 is 0 Å². The smallest absolute Gasteiger partial charge is 0.185 e. The standard InChI is InChI=1S/C42H55FO3/c1-35(2)37-24-30-41(31-25-37)46-34-18-16-14-12-10-8-6-4-3-5-7-9-11-13-15-17-33-45-40-28-19-36(20-29-40)21-32-42(44)38-22-26-39(43)27-23-38/h19-32H,1,3-18,33-34H2,2H3. The minimum absolute atomic E-state index is 0.145. The van der Waals surface area contributed by atoms with Crippen LogP contribution in [-0.2, 0) is 0 Å². The first kappa shape index (κ1) is 36.8. The number of hydrogen-bond acceptors (Lipinski definition) is 3. The van der Waals surface area contributed by atoms with Gasteiger partial charge in [0.1, 0.15) is 17.3 Å². The number of hydrogen-bond donors (Lipinski definition) is 0. The quantitative estimate of drug-likeness (QED) is 0.0533. The van der Waals surface area contributed by atoms with Crippen molar-refractivity contribution in [3.05, 3.63) is 108 Å². The lowest BCUT2D eigenvalue weighted by molar-refractivity contribution is 0.104. The van der Waals surface area contributed by atoms with Crippen LogP contribution in [0.15, 0.2) is 85.5 Å². The normalized spacial score (nSPS) is 11.2. The van der Waals surface area contributed by atoms with Gasteiger partial charge in [-0.05, 0) is 85.5 Å². The molecule has 3 aromatic rings. The van der Waals surface area contributed by atoms with E-state index in [4.69, 9.17) is 9.47 Å². The summed E-state index contributed by atoms with van der Waals surface area (Å²) in [4.78, 5) is 12.2. The third-order valence-corrected chi connectivity index (χ3v) is 8.36. The topological polar surface area (TPSA) is 35.5 Å². The predicted octanol–water partition coefficient (Wildman–Crippen LogP) is 12.5. The van der Waals surface area contributed by atoms with Gasteiger partial charge in [0.15, 0.2) is 5.78 Å². The van der Waals surface area contributed by atoms with Crippen LogP contribution in [0, 0.1) is 5.82 Å². The zero-order chi connectivity index (χ0) is 32.7. The Balaban J connectivity index is 1.04. The highest BCUT2D eigenvalue weighted by atomic mass is 19.1. The molecule has 3 aromatic carbocycles. The third-order valence-electron chi connectivity index (χ3n) is 8.36. The van der Waals surface area contributed by atoms with E-state index in [0.717, 1.165) is 48.7 Å². The SMILES string of the molecule is C=C(C)c1ccc(OCCCCCCCCCCCCCCCCCCOc2ccc(C=CC(=O)c3ccc(F)cc3)cc2)cc1. The Labute approximate surface area is 277 Å². The molecule has 0 aliphatic heterocycles. The maximum atomic E-state index is 13.0. The predicted molar refractivity (Wildman–Crippen MR) is 192 cm³/mol. The highest BCUT2D eigenvalue weighted by molar-refractivity contribution is 6.06. The van der Waals surface area contributed by atoms with Crippen molar-refractivity contribution in [1.29, 1.82) is 0 Å². The van der Waals surface area contributed by atoms with Crippen LogP contribution in [0.1, 0.15) is 131 Å². The lowest BCUT2D eigenvalue weighted by Gasteiger charge is -2.07. The Kier molecular flexibility index (Phi) is 18.2. The van der Waals surface area contributed by atoms with Crippen LogP contribution in [0.4, 0.5) is 4.39 Å². The zero-order valence-corrected chi connectivity index (χ0v) is 28.1. The molecule has 0 N–H and O–H groups in total. The summed E-state index contributed by atoms with van der Waals surface area (Å²) < 4.78 is 24.8. The van der Waals surface area contributed by atoms with E-state index in [1.807, 2.05) is 43.3 Å². The van der Waals surface area contributed by atoms with Gasteiger partial charge >= 0.3 is 0 Å². The molecule has 3 rings (SSSR count). The number of unbranched alkanes of at least 4 members (excludes halogenated alkanes) is 15. The Morgan fingerprint density at radius 1 is 0.565 bits per heavy atom. The number of rotatable bonds is 25. The van der Waals surface area contributed by atoms with E-state index in [1.165, 1.54) is 126 Å². The van der Waals surface area contributed by atoms with Crippen LogP contribution in [-0.4, -0.2) is 19.0 Å². The molecule has 0 aromatic heterocycles. The second-order valence-electron chi connectivity index (χ2n) is 12.4. The number of carbonyl (C=O) groups is 1. The van der Waals surface area contributed by atoms with Crippen molar-refractivity contribution >= 4 is 17.4 Å². The van der Waals surface area contributed by atoms with Crippen molar-refractivity contribution in [2.24, 2.45) is 0 Å². The monoisotopic (exact) mass is 626 g/mol. The number of ether oxygens (including phenoxy) is 2. The molecule has 0 saturated heterocycles. The molecule has 0 spiro atoms. The Bertz CT molecular complexity index is 1280. The molecule has 0 aliphatic rings. The van der Waals surface area contributed by atoms with Gasteiger partial charge in [0.05, 0.1) is 13.2 Å². The summed E-state index contributed by atoms with van der Waals surface area (Å²) in [7, 11) is 0. The van der Waals surface area contributed by atoms with Crippen molar-refractivity contribution in [3.8, 4) is 11.5 Å². The first-order valence-electron chi connectivity index (χ1n) is 17.6.